The van der Waals surface area contributed by atoms with Gasteiger partial charge in [0.25, 0.3) is 0 Å². The highest BCUT2D eigenvalue weighted by molar-refractivity contribution is 7.80. The lowest BCUT2D eigenvalue weighted by Gasteiger charge is -2.28. The molecular weight excluding hydrogens is 404 g/mol. The van der Waals surface area contributed by atoms with E-state index in [-0.39, 0.29) is 12.1 Å². The van der Waals surface area contributed by atoms with E-state index in [9.17, 15) is 0 Å². The van der Waals surface area contributed by atoms with Gasteiger partial charge in [-0.3, -0.25) is 9.97 Å². The Morgan fingerprint density at radius 1 is 1.13 bits per heavy atom. The minimum Gasteiger partial charge on any atom is -0.352 e. The molecule has 0 bridgehead atoms. The van der Waals surface area contributed by atoms with Crippen LogP contribution in [0.25, 0.3) is 5.69 Å². The van der Waals surface area contributed by atoms with Crippen LogP contribution in [0.2, 0.25) is 0 Å². The average Bonchev–Trinajstić information content (AvgIpc) is 3.24. The Morgan fingerprint density at radius 2 is 1.97 bits per heavy atom. The normalized spacial score (nSPS) is 18.6. The van der Waals surface area contributed by atoms with Gasteiger partial charge in [-0.05, 0) is 89.0 Å². The van der Waals surface area contributed by atoms with E-state index < -0.39 is 0 Å². The van der Waals surface area contributed by atoms with E-state index in [0.29, 0.717) is 0 Å². The van der Waals surface area contributed by atoms with Gasteiger partial charge in [0.15, 0.2) is 5.11 Å². The third-order valence-electron chi connectivity index (χ3n) is 5.90. The molecule has 0 saturated carbocycles. The largest absolute Gasteiger partial charge is 0.352 e. The molecule has 0 aromatic carbocycles. The number of pyridine rings is 2. The van der Waals surface area contributed by atoms with Crippen LogP contribution in [0.3, 0.4) is 0 Å². The molecule has 3 aromatic rings. The van der Waals surface area contributed by atoms with Crippen LogP contribution in [-0.2, 0) is 0 Å². The minimum atomic E-state index is 0.0101. The van der Waals surface area contributed by atoms with E-state index in [0.717, 1.165) is 36.0 Å². The van der Waals surface area contributed by atoms with E-state index >= 15 is 0 Å². The van der Waals surface area contributed by atoms with E-state index in [4.69, 9.17) is 12.2 Å². The second kappa shape index (κ2) is 9.16. The molecule has 0 unspecified atom stereocenters. The van der Waals surface area contributed by atoms with Crippen molar-refractivity contribution < 1.29 is 0 Å². The zero-order valence-electron chi connectivity index (χ0n) is 18.6. The van der Waals surface area contributed by atoms with Crippen LogP contribution in [0.15, 0.2) is 55.0 Å². The zero-order chi connectivity index (χ0) is 22.0. The van der Waals surface area contributed by atoms with Crippen molar-refractivity contribution in [2.24, 2.45) is 0 Å². The van der Waals surface area contributed by atoms with Gasteiger partial charge in [0.05, 0.1) is 29.7 Å². The summed E-state index contributed by atoms with van der Waals surface area (Å²) in [6.07, 6.45) is 6.61. The van der Waals surface area contributed by atoms with Gasteiger partial charge in [0, 0.05) is 30.3 Å². The average molecular weight is 435 g/mol. The number of rotatable bonds is 7. The van der Waals surface area contributed by atoms with Crippen LogP contribution < -0.4 is 5.32 Å². The third-order valence-corrected chi connectivity index (χ3v) is 6.25. The third kappa shape index (κ3) is 4.34. The highest BCUT2D eigenvalue weighted by atomic mass is 32.1. The summed E-state index contributed by atoms with van der Waals surface area (Å²) in [6, 6.07) is 12.5. The van der Waals surface area contributed by atoms with E-state index in [1.165, 1.54) is 17.0 Å². The van der Waals surface area contributed by atoms with Gasteiger partial charge in [0.1, 0.15) is 0 Å². The highest BCUT2D eigenvalue weighted by Crippen LogP contribution is 2.41. The molecule has 0 aliphatic carbocycles. The number of hydrogen-bond acceptors (Lipinski definition) is 4. The van der Waals surface area contributed by atoms with Crippen molar-refractivity contribution in [3.63, 3.8) is 0 Å². The highest BCUT2D eigenvalue weighted by Gasteiger charge is 2.41. The van der Waals surface area contributed by atoms with Crippen LogP contribution in [0.5, 0.6) is 0 Å². The van der Waals surface area contributed by atoms with Crippen molar-refractivity contribution in [3.05, 3.63) is 77.6 Å². The van der Waals surface area contributed by atoms with Crippen LogP contribution in [0, 0.1) is 13.8 Å². The van der Waals surface area contributed by atoms with E-state index in [2.05, 4.69) is 75.8 Å². The molecule has 3 aromatic heterocycles. The Morgan fingerprint density at radius 3 is 2.65 bits per heavy atom. The molecule has 4 rings (SSSR count). The van der Waals surface area contributed by atoms with E-state index in [1.807, 2.05) is 36.8 Å². The molecule has 1 fully saturated rings. The maximum atomic E-state index is 5.81. The Hall–Kier alpha value is -2.77. The molecule has 4 heterocycles. The van der Waals surface area contributed by atoms with Crippen molar-refractivity contribution in [2.75, 3.05) is 27.2 Å². The zero-order valence-corrected chi connectivity index (χ0v) is 19.4. The summed E-state index contributed by atoms with van der Waals surface area (Å²) in [6.45, 7) is 6.25. The molecular formula is C24H30N6S. The fraction of sp³-hybridized carbons (Fsp3) is 0.375. The molecule has 1 saturated heterocycles. The summed E-state index contributed by atoms with van der Waals surface area (Å²) in [5, 5.41) is 4.36. The number of aryl methyl sites for hydroxylation is 1. The van der Waals surface area contributed by atoms with Crippen molar-refractivity contribution in [3.8, 4) is 5.69 Å². The molecule has 1 aliphatic heterocycles. The molecule has 2 atom stereocenters. The number of nitrogens with zero attached hydrogens (tertiary/aromatic N) is 5. The number of thiocarbonyl (C=S) groups is 1. The Kier molecular flexibility index (Phi) is 6.34. The van der Waals surface area contributed by atoms with Gasteiger partial charge < -0.3 is 19.7 Å². The quantitative estimate of drug-likeness (QED) is 0.571. The van der Waals surface area contributed by atoms with Gasteiger partial charge in [-0.2, -0.15) is 0 Å². The topological polar surface area (TPSA) is 49.2 Å². The molecule has 31 heavy (non-hydrogen) atoms. The summed E-state index contributed by atoms with van der Waals surface area (Å²) in [4.78, 5) is 13.5. The predicted octanol–water partition coefficient (Wildman–Crippen LogP) is 3.81. The lowest BCUT2D eigenvalue weighted by atomic mass is 9.96. The summed E-state index contributed by atoms with van der Waals surface area (Å²) < 4.78 is 2.27. The molecule has 1 aliphatic rings. The smallest absolute Gasteiger partial charge is 0.170 e. The predicted molar refractivity (Wildman–Crippen MR) is 128 cm³/mol. The van der Waals surface area contributed by atoms with Gasteiger partial charge in [-0.1, -0.05) is 6.07 Å². The fourth-order valence-corrected chi connectivity index (χ4v) is 4.84. The van der Waals surface area contributed by atoms with Crippen LogP contribution in [0.1, 0.15) is 41.1 Å². The lowest BCUT2D eigenvalue weighted by molar-refractivity contribution is 0.292. The summed E-state index contributed by atoms with van der Waals surface area (Å²) in [5.74, 6) is 0. The first-order chi connectivity index (χ1) is 15.0. The van der Waals surface area contributed by atoms with Gasteiger partial charge >= 0.3 is 0 Å². The summed E-state index contributed by atoms with van der Waals surface area (Å²) in [7, 11) is 4.21. The maximum Gasteiger partial charge on any atom is 0.170 e. The first kappa shape index (κ1) is 21.5. The second-order valence-corrected chi connectivity index (χ2v) is 8.74. The minimum absolute atomic E-state index is 0.0101. The van der Waals surface area contributed by atoms with Crippen LogP contribution in [0.4, 0.5) is 0 Å². The Labute approximate surface area is 189 Å². The Balaban J connectivity index is 1.76. The summed E-state index contributed by atoms with van der Waals surface area (Å²) in [5.41, 5.74) is 5.75. The first-order valence-electron chi connectivity index (χ1n) is 10.7. The lowest BCUT2D eigenvalue weighted by Crippen LogP contribution is -2.32. The van der Waals surface area contributed by atoms with Gasteiger partial charge in [0.2, 0.25) is 0 Å². The van der Waals surface area contributed by atoms with E-state index in [1.54, 1.807) is 0 Å². The van der Waals surface area contributed by atoms with Gasteiger partial charge in [-0.15, -0.1) is 0 Å². The first-order valence-corrected chi connectivity index (χ1v) is 11.1. The molecule has 0 spiro atoms. The van der Waals surface area contributed by atoms with Crippen molar-refractivity contribution in [1.82, 2.24) is 29.7 Å². The monoisotopic (exact) mass is 434 g/mol. The number of hydrogen-bond donors (Lipinski definition) is 1. The van der Waals surface area contributed by atoms with Crippen molar-refractivity contribution >= 4 is 17.3 Å². The van der Waals surface area contributed by atoms with Gasteiger partial charge in [-0.25, -0.2) is 0 Å². The second-order valence-electron chi connectivity index (χ2n) is 8.35. The maximum absolute atomic E-state index is 5.81. The molecule has 7 heteroatoms. The summed E-state index contributed by atoms with van der Waals surface area (Å²) >= 11 is 5.81. The van der Waals surface area contributed by atoms with Crippen molar-refractivity contribution in [1.29, 1.82) is 0 Å². The van der Waals surface area contributed by atoms with Crippen LogP contribution >= 0.6 is 12.2 Å². The molecule has 6 nitrogen and oxygen atoms in total. The SMILES string of the molecule is Cc1cc([C@@H]2[C@@H](c3ccccn3)NC(=S)N2CCCN(C)C)c(C)n1-c1cccnc1. The molecule has 162 valence electrons. The number of nitrogens with one attached hydrogen (secondary N) is 1. The van der Waals surface area contributed by atoms with Crippen molar-refractivity contribution in [2.45, 2.75) is 32.4 Å². The fourth-order valence-electron chi connectivity index (χ4n) is 4.51. The number of aromatic nitrogens is 3. The van der Waals surface area contributed by atoms with Crippen LogP contribution in [-0.4, -0.2) is 56.6 Å². The molecule has 0 amide bonds. The molecule has 1 N–H and O–H groups in total. The molecule has 0 radical (unpaired) electrons. The Bertz CT molecular complexity index is 1030. The standard InChI is InChI=1S/C24H30N6S/c1-17-15-20(18(2)30(17)19-9-7-11-25-16-19)23-22(21-10-5-6-12-26-21)27-24(31)29(23)14-8-13-28(3)4/h5-7,9-12,15-16,22-23H,8,13-14H2,1-4H3,(H,27,31)/t22-,23-/m1/s1.